The number of nitrogens with zero attached hydrogens (tertiary/aromatic N) is 3. The molecule has 0 saturated carbocycles. The number of para-hydroxylation sites is 1. The summed E-state index contributed by atoms with van der Waals surface area (Å²) in [6.07, 6.45) is 3.48. The molecule has 0 aliphatic carbocycles. The molecule has 0 spiro atoms. The lowest BCUT2D eigenvalue weighted by atomic mass is 10.3. The summed E-state index contributed by atoms with van der Waals surface area (Å²) in [6, 6.07) is 6.69. The maximum absolute atomic E-state index is 10.8. The molecule has 0 saturated heterocycles. The highest BCUT2D eigenvalue weighted by molar-refractivity contribution is 8.03. The van der Waals surface area contributed by atoms with Gasteiger partial charge in [-0.25, -0.2) is 0 Å². The van der Waals surface area contributed by atoms with Crippen LogP contribution in [0.5, 0.6) is 0 Å². The van der Waals surface area contributed by atoms with E-state index in [0.29, 0.717) is 4.90 Å². The van der Waals surface area contributed by atoms with Gasteiger partial charge in [-0.1, -0.05) is 23.9 Å². The summed E-state index contributed by atoms with van der Waals surface area (Å²) in [5.41, 5.74) is 0.125. The molecule has 0 amide bonds. The van der Waals surface area contributed by atoms with Crippen LogP contribution in [0.2, 0.25) is 0 Å². The van der Waals surface area contributed by atoms with Crippen molar-refractivity contribution in [3.63, 3.8) is 0 Å². The number of nitro groups is 1. The lowest BCUT2D eigenvalue weighted by Crippen LogP contribution is -2.00. The first-order valence-electron chi connectivity index (χ1n) is 5.30. The lowest BCUT2D eigenvalue weighted by molar-refractivity contribution is -0.387. The molecule has 0 aliphatic heterocycles. The number of allylic oxidation sites excluding steroid dienone is 2. The maximum Gasteiger partial charge on any atom is 0.283 e. The summed E-state index contributed by atoms with van der Waals surface area (Å²) in [4.78, 5) is 12.0. The first-order valence-corrected chi connectivity index (χ1v) is 6.12. The molecule has 0 fully saturated rings. The molecular weight excluding hydrogens is 250 g/mol. The van der Waals surface area contributed by atoms with Crippen LogP contribution < -0.4 is 0 Å². The molecular formula is C12H15N3O2S. The van der Waals surface area contributed by atoms with E-state index in [1.807, 2.05) is 27.1 Å². The van der Waals surface area contributed by atoms with Crippen LogP contribution in [0.1, 0.15) is 6.92 Å². The van der Waals surface area contributed by atoms with Crippen LogP contribution in [0.15, 0.2) is 45.2 Å². The van der Waals surface area contributed by atoms with Gasteiger partial charge in [-0.2, -0.15) is 5.10 Å². The number of rotatable bonds is 5. The van der Waals surface area contributed by atoms with Gasteiger partial charge < -0.3 is 5.01 Å². The average molecular weight is 265 g/mol. The number of benzene rings is 1. The molecule has 18 heavy (non-hydrogen) atoms. The normalized spacial score (nSPS) is 11.8. The molecule has 0 unspecified atom stereocenters. The van der Waals surface area contributed by atoms with Gasteiger partial charge in [0.25, 0.3) is 5.69 Å². The van der Waals surface area contributed by atoms with E-state index in [4.69, 9.17) is 0 Å². The van der Waals surface area contributed by atoms with E-state index in [0.717, 1.165) is 4.91 Å². The Kier molecular flexibility index (Phi) is 5.38. The van der Waals surface area contributed by atoms with Crippen LogP contribution in [-0.4, -0.2) is 30.2 Å². The third-order valence-corrected chi connectivity index (χ3v) is 2.96. The second kappa shape index (κ2) is 6.80. The van der Waals surface area contributed by atoms with Gasteiger partial charge in [0.2, 0.25) is 0 Å². The van der Waals surface area contributed by atoms with Gasteiger partial charge in [0.1, 0.15) is 0 Å². The Morgan fingerprint density at radius 2 is 2.11 bits per heavy atom. The zero-order valence-electron chi connectivity index (χ0n) is 10.5. The Hall–Kier alpha value is -1.82. The fraction of sp³-hybridized carbons (Fsp3) is 0.250. The third kappa shape index (κ3) is 4.58. The quantitative estimate of drug-likeness (QED) is 0.355. The maximum atomic E-state index is 10.8. The summed E-state index contributed by atoms with van der Waals surface area (Å²) in [6.45, 7) is 1.89. The van der Waals surface area contributed by atoms with E-state index in [1.54, 1.807) is 29.4 Å². The smallest absolute Gasteiger partial charge is 0.283 e. The van der Waals surface area contributed by atoms with Crippen molar-refractivity contribution in [3.8, 4) is 0 Å². The van der Waals surface area contributed by atoms with Gasteiger partial charge in [-0.3, -0.25) is 10.1 Å². The Morgan fingerprint density at radius 1 is 1.44 bits per heavy atom. The van der Waals surface area contributed by atoms with E-state index in [-0.39, 0.29) is 10.6 Å². The molecule has 0 atom stereocenters. The number of nitro benzene ring substituents is 1. The lowest BCUT2D eigenvalue weighted by Gasteiger charge is -2.03. The molecule has 0 N–H and O–H groups in total. The van der Waals surface area contributed by atoms with E-state index >= 15 is 0 Å². The summed E-state index contributed by atoms with van der Waals surface area (Å²) in [7, 11) is 3.66. The summed E-state index contributed by atoms with van der Waals surface area (Å²) in [5.74, 6) is 0. The molecule has 5 nitrogen and oxygen atoms in total. The zero-order valence-corrected chi connectivity index (χ0v) is 11.3. The van der Waals surface area contributed by atoms with Crippen molar-refractivity contribution >= 4 is 23.7 Å². The Balaban J connectivity index is 2.82. The van der Waals surface area contributed by atoms with Gasteiger partial charge in [0, 0.05) is 26.4 Å². The van der Waals surface area contributed by atoms with Crippen LogP contribution in [0.4, 0.5) is 5.69 Å². The van der Waals surface area contributed by atoms with E-state index in [9.17, 15) is 10.1 Å². The number of hydrazone groups is 1. The van der Waals surface area contributed by atoms with Gasteiger partial charge in [0.05, 0.1) is 9.82 Å². The minimum Gasteiger partial charge on any atom is -0.303 e. The molecule has 1 aromatic rings. The predicted molar refractivity (Wildman–Crippen MR) is 74.9 cm³/mol. The molecule has 96 valence electrons. The molecule has 0 aromatic heterocycles. The van der Waals surface area contributed by atoms with Gasteiger partial charge in [0.15, 0.2) is 0 Å². The minimum absolute atomic E-state index is 0.125. The highest BCUT2D eigenvalue weighted by Crippen LogP contribution is 2.33. The highest BCUT2D eigenvalue weighted by atomic mass is 32.2. The molecule has 0 bridgehead atoms. The van der Waals surface area contributed by atoms with E-state index < -0.39 is 0 Å². The largest absolute Gasteiger partial charge is 0.303 e. The SMILES string of the molecule is C/C(=C\C=N\N(C)C)Sc1ccccc1[N+](=O)[O-]. The third-order valence-electron chi connectivity index (χ3n) is 1.94. The fourth-order valence-electron chi connectivity index (χ4n) is 1.17. The van der Waals surface area contributed by atoms with Gasteiger partial charge in [-0.05, 0) is 24.0 Å². The van der Waals surface area contributed by atoms with Gasteiger partial charge in [-0.15, -0.1) is 0 Å². The van der Waals surface area contributed by atoms with Crippen molar-refractivity contribution in [2.45, 2.75) is 11.8 Å². The zero-order chi connectivity index (χ0) is 13.5. The van der Waals surface area contributed by atoms with Crippen LogP contribution >= 0.6 is 11.8 Å². The van der Waals surface area contributed by atoms with Crippen molar-refractivity contribution in [2.24, 2.45) is 5.10 Å². The van der Waals surface area contributed by atoms with Crippen molar-refractivity contribution in [1.29, 1.82) is 0 Å². The van der Waals surface area contributed by atoms with Gasteiger partial charge >= 0.3 is 0 Å². The van der Waals surface area contributed by atoms with E-state index in [1.165, 1.54) is 17.8 Å². The molecule has 0 radical (unpaired) electrons. The minimum atomic E-state index is -0.372. The predicted octanol–water partition coefficient (Wildman–Crippen LogP) is 3.14. The topological polar surface area (TPSA) is 58.7 Å². The Labute approximate surface area is 110 Å². The standard InChI is InChI=1S/C12H15N3O2S/c1-10(8-9-13-14(2)3)18-12-7-5-4-6-11(12)15(16)17/h4-9H,1-3H3/b10-8+,13-9+. The Morgan fingerprint density at radius 3 is 2.72 bits per heavy atom. The number of hydrogen-bond acceptors (Lipinski definition) is 5. The van der Waals surface area contributed by atoms with Crippen LogP contribution in [-0.2, 0) is 0 Å². The molecule has 1 rings (SSSR count). The number of thioether (sulfide) groups is 1. The molecule has 0 heterocycles. The summed E-state index contributed by atoms with van der Waals surface area (Å²) >= 11 is 1.36. The van der Waals surface area contributed by atoms with Crippen molar-refractivity contribution < 1.29 is 4.92 Å². The average Bonchev–Trinajstić information content (AvgIpc) is 2.28. The van der Waals surface area contributed by atoms with Crippen LogP contribution in [0, 0.1) is 10.1 Å². The molecule has 0 aliphatic rings. The fourth-order valence-corrected chi connectivity index (χ4v) is 2.04. The molecule has 6 heteroatoms. The monoisotopic (exact) mass is 265 g/mol. The first-order chi connectivity index (χ1) is 8.50. The van der Waals surface area contributed by atoms with Crippen LogP contribution in [0.3, 0.4) is 0 Å². The molecule has 1 aromatic carbocycles. The van der Waals surface area contributed by atoms with E-state index in [2.05, 4.69) is 5.10 Å². The Bertz CT molecular complexity index is 484. The number of hydrogen-bond donors (Lipinski definition) is 0. The summed E-state index contributed by atoms with van der Waals surface area (Å²) in [5, 5.41) is 16.6. The first kappa shape index (κ1) is 14.2. The summed E-state index contributed by atoms with van der Waals surface area (Å²) < 4.78 is 0. The van der Waals surface area contributed by atoms with Crippen LogP contribution in [0.25, 0.3) is 0 Å². The highest BCUT2D eigenvalue weighted by Gasteiger charge is 2.12. The second-order valence-electron chi connectivity index (χ2n) is 3.72. The van der Waals surface area contributed by atoms with Crippen molar-refractivity contribution in [3.05, 3.63) is 45.4 Å². The van der Waals surface area contributed by atoms with Crippen molar-refractivity contribution in [2.75, 3.05) is 14.1 Å². The van der Waals surface area contributed by atoms with Crippen molar-refractivity contribution in [1.82, 2.24) is 5.01 Å². The second-order valence-corrected chi connectivity index (χ2v) is 5.00.